The summed E-state index contributed by atoms with van der Waals surface area (Å²) in [6, 6.07) is 14.4. The van der Waals surface area contributed by atoms with Gasteiger partial charge in [0.1, 0.15) is 17.3 Å². The van der Waals surface area contributed by atoms with Gasteiger partial charge in [-0.05, 0) is 36.2 Å². The Hall–Kier alpha value is -3.59. The first-order valence-corrected chi connectivity index (χ1v) is 10.7. The van der Waals surface area contributed by atoms with Gasteiger partial charge in [-0.15, -0.1) is 10.2 Å². The van der Waals surface area contributed by atoms with E-state index in [2.05, 4.69) is 22.4 Å². The second-order valence-corrected chi connectivity index (χ2v) is 7.95. The maximum atomic E-state index is 12.4. The highest BCUT2D eigenvalue weighted by molar-refractivity contribution is 7.15. The smallest absolute Gasteiger partial charge is 0.262 e. The zero-order valence-electron chi connectivity index (χ0n) is 16.8. The van der Waals surface area contributed by atoms with E-state index in [1.807, 2.05) is 24.3 Å². The van der Waals surface area contributed by atoms with Gasteiger partial charge < -0.3 is 4.74 Å². The number of nitrogens with zero attached hydrogens (tertiary/aromatic N) is 3. The van der Waals surface area contributed by atoms with Gasteiger partial charge in [-0.1, -0.05) is 42.5 Å². The monoisotopic (exact) mass is 436 g/mol. The summed E-state index contributed by atoms with van der Waals surface area (Å²) in [5.41, 5.74) is 1.86. The maximum Gasteiger partial charge on any atom is 0.262 e. The van der Waals surface area contributed by atoms with Crippen LogP contribution in [0.2, 0.25) is 0 Å². The van der Waals surface area contributed by atoms with Crippen molar-refractivity contribution in [2.24, 2.45) is 0 Å². The molecular formula is C22H20N4O4S. The third-order valence-electron chi connectivity index (χ3n) is 4.81. The first kappa shape index (κ1) is 20.7. The third kappa shape index (κ3) is 4.61. The Kier molecular flexibility index (Phi) is 6.03. The normalized spacial score (nSPS) is 12.7. The van der Waals surface area contributed by atoms with Crippen molar-refractivity contribution < 1.29 is 19.1 Å². The molecule has 0 aliphatic carbocycles. The molecule has 1 aromatic heterocycles. The topological polar surface area (TPSA) is 101 Å². The standard InChI is InChI=1S/C22H20N4O4S/c1-2-14-7-9-15(10-8-14)30-12-11-19-24-25-22(31-19)23-18(27)13-26-20(28)16-5-3-4-6-17(16)21(26)29/h3-10H,2,11-13H2,1H3,(H,23,25,27). The summed E-state index contributed by atoms with van der Waals surface area (Å²) in [6.45, 7) is 2.16. The molecule has 0 fully saturated rings. The Balaban J connectivity index is 1.27. The Morgan fingerprint density at radius 1 is 1.03 bits per heavy atom. The molecule has 4 rings (SSSR count). The van der Waals surface area contributed by atoms with E-state index in [0.717, 1.165) is 17.1 Å². The molecule has 1 N–H and O–H groups in total. The van der Waals surface area contributed by atoms with Crippen LogP contribution in [0.5, 0.6) is 5.75 Å². The molecule has 0 unspecified atom stereocenters. The van der Waals surface area contributed by atoms with Gasteiger partial charge in [0.05, 0.1) is 17.7 Å². The van der Waals surface area contributed by atoms with Crippen LogP contribution in [0.3, 0.4) is 0 Å². The lowest BCUT2D eigenvalue weighted by molar-refractivity contribution is -0.116. The van der Waals surface area contributed by atoms with E-state index in [1.54, 1.807) is 24.3 Å². The summed E-state index contributed by atoms with van der Waals surface area (Å²) in [4.78, 5) is 38.0. The number of carbonyl (C=O) groups is 3. The number of ether oxygens (including phenoxy) is 1. The minimum absolute atomic E-state index is 0.308. The van der Waals surface area contributed by atoms with Crippen LogP contribution in [-0.4, -0.2) is 46.0 Å². The van der Waals surface area contributed by atoms with E-state index < -0.39 is 17.7 Å². The predicted octanol–water partition coefficient (Wildman–Crippen LogP) is 2.96. The molecule has 158 valence electrons. The van der Waals surface area contributed by atoms with Crippen molar-refractivity contribution in [1.29, 1.82) is 0 Å². The molecule has 0 saturated heterocycles. The van der Waals surface area contributed by atoms with Gasteiger partial charge in [0.25, 0.3) is 11.8 Å². The lowest BCUT2D eigenvalue weighted by Crippen LogP contribution is -2.37. The largest absolute Gasteiger partial charge is 0.493 e. The van der Waals surface area contributed by atoms with Crippen LogP contribution >= 0.6 is 11.3 Å². The first-order valence-electron chi connectivity index (χ1n) is 9.84. The molecule has 9 heteroatoms. The van der Waals surface area contributed by atoms with Crippen molar-refractivity contribution in [2.45, 2.75) is 19.8 Å². The Morgan fingerprint density at radius 2 is 1.71 bits per heavy atom. The number of rotatable bonds is 8. The lowest BCUT2D eigenvalue weighted by atomic mass is 10.1. The van der Waals surface area contributed by atoms with Crippen molar-refractivity contribution in [1.82, 2.24) is 15.1 Å². The molecule has 2 aromatic carbocycles. The summed E-state index contributed by atoms with van der Waals surface area (Å²) in [5, 5.41) is 11.6. The van der Waals surface area contributed by atoms with E-state index in [4.69, 9.17) is 4.74 Å². The molecule has 31 heavy (non-hydrogen) atoms. The first-order chi connectivity index (χ1) is 15.0. The van der Waals surface area contributed by atoms with Crippen molar-refractivity contribution >= 4 is 34.2 Å². The molecule has 8 nitrogen and oxygen atoms in total. The zero-order valence-corrected chi connectivity index (χ0v) is 17.6. The fourth-order valence-electron chi connectivity index (χ4n) is 3.17. The Labute approximate surface area is 182 Å². The fraction of sp³-hybridized carbons (Fsp3) is 0.227. The number of aromatic nitrogens is 2. The van der Waals surface area contributed by atoms with Crippen molar-refractivity contribution in [3.8, 4) is 5.75 Å². The maximum absolute atomic E-state index is 12.4. The second-order valence-electron chi connectivity index (χ2n) is 6.89. The molecule has 1 aliphatic rings. The lowest BCUT2D eigenvalue weighted by Gasteiger charge is -2.12. The van der Waals surface area contributed by atoms with Crippen LogP contribution in [0.15, 0.2) is 48.5 Å². The van der Waals surface area contributed by atoms with Crippen molar-refractivity contribution in [3.05, 3.63) is 70.2 Å². The van der Waals surface area contributed by atoms with Gasteiger partial charge in [0.15, 0.2) is 0 Å². The van der Waals surface area contributed by atoms with Crippen LogP contribution in [0.1, 0.15) is 38.2 Å². The highest BCUT2D eigenvalue weighted by Gasteiger charge is 2.36. The summed E-state index contributed by atoms with van der Waals surface area (Å²) >= 11 is 1.23. The van der Waals surface area contributed by atoms with Gasteiger partial charge in [-0.2, -0.15) is 0 Å². The molecule has 0 saturated carbocycles. The quantitative estimate of drug-likeness (QED) is 0.545. The zero-order chi connectivity index (χ0) is 21.8. The van der Waals surface area contributed by atoms with E-state index >= 15 is 0 Å². The summed E-state index contributed by atoms with van der Waals surface area (Å²) in [7, 11) is 0. The number of fused-ring (bicyclic) bond motifs is 1. The highest BCUT2D eigenvalue weighted by atomic mass is 32.1. The molecule has 0 spiro atoms. The van der Waals surface area contributed by atoms with Crippen LogP contribution in [0.4, 0.5) is 5.13 Å². The van der Waals surface area contributed by atoms with Crippen LogP contribution < -0.4 is 10.1 Å². The van der Waals surface area contributed by atoms with Crippen LogP contribution in [-0.2, 0) is 17.6 Å². The molecule has 3 amide bonds. The summed E-state index contributed by atoms with van der Waals surface area (Å²) in [5.74, 6) is -0.670. The Morgan fingerprint density at radius 3 is 2.35 bits per heavy atom. The van der Waals surface area contributed by atoms with Gasteiger partial charge in [-0.3, -0.25) is 24.6 Å². The summed E-state index contributed by atoms with van der Waals surface area (Å²) in [6.07, 6.45) is 1.52. The number of carbonyl (C=O) groups excluding carboxylic acids is 3. The molecule has 2 heterocycles. The number of nitrogens with one attached hydrogen (secondary N) is 1. The molecule has 0 radical (unpaired) electrons. The van der Waals surface area contributed by atoms with Crippen LogP contribution in [0, 0.1) is 0 Å². The van der Waals surface area contributed by atoms with E-state index in [9.17, 15) is 14.4 Å². The van der Waals surface area contributed by atoms with Gasteiger partial charge >= 0.3 is 0 Å². The van der Waals surface area contributed by atoms with Crippen molar-refractivity contribution in [2.75, 3.05) is 18.5 Å². The number of hydrogen-bond donors (Lipinski definition) is 1. The number of imide groups is 1. The third-order valence-corrected chi connectivity index (χ3v) is 5.71. The molecule has 1 aliphatic heterocycles. The van der Waals surface area contributed by atoms with Gasteiger partial charge in [0, 0.05) is 6.42 Å². The van der Waals surface area contributed by atoms with Crippen molar-refractivity contribution in [3.63, 3.8) is 0 Å². The molecule has 0 bridgehead atoms. The van der Waals surface area contributed by atoms with E-state index in [-0.39, 0.29) is 6.54 Å². The van der Waals surface area contributed by atoms with Gasteiger partial charge in [-0.25, -0.2) is 0 Å². The molecule has 3 aromatic rings. The number of benzene rings is 2. The second kappa shape index (κ2) is 9.05. The average Bonchev–Trinajstić information content (AvgIpc) is 3.32. The Bertz CT molecular complexity index is 1090. The average molecular weight is 436 g/mol. The highest BCUT2D eigenvalue weighted by Crippen LogP contribution is 2.23. The van der Waals surface area contributed by atoms with E-state index in [1.165, 1.54) is 16.9 Å². The number of anilines is 1. The molecular weight excluding hydrogens is 416 g/mol. The van der Waals surface area contributed by atoms with Crippen LogP contribution in [0.25, 0.3) is 0 Å². The SMILES string of the molecule is CCc1ccc(OCCc2nnc(NC(=O)CN3C(=O)c4ccccc4C3=O)s2)cc1. The summed E-state index contributed by atoms with van der Waals surface area (Å²) < 4.78 is 5.71. The minimum Gasteiger partial charge on any atom is -0.493 e. The van der Waals surface area contributed by atoms with Gasteiger partial charge in [0.2, 0.25) is 11.0 Å². The number of aryl methyl sites for hydroxylation is 1. The number of hydrogen-bond acceptors (Lipinski definition) is 7. The predicted molar refractivity (Wildman–Crippen MR) is 115 cm³/mol. The number of amides is 3. The van der Waals surface area contributed by atoms with E-state index in [0.29, 0.717) is 34.3 Å². The molecule has 0 atom stereocenters. The fourth-order valence-corrected chi connectivity index (χ4v) is 3.90. The minimum atomic E-state index is -0.510.